The highest BCUT2D eigenvalue weighted by molar-refractivity contribution is 5.78. The van der Waals surface area contributed by atoms with Gasteiger partial charge in [-0.15, -0.1) is 0 Å². The van der Waals surface area contributed by atoms with Crippen LogP contribution in [0.5, 0.6) is 0 Å². The number of nitrogens with zero attached hydrogens (tertiary/aromatic N) is 3. The highest BCUT2D eigenvalue weighted by Gasteiger charge is 2.12. The second-order valence-electron chi connectivity index (χ2n) is 6.04. The van der Waals surface area contributed by atoms with Crippen LogP contribution in [0, 0.1) is 25.2 Å². The van der Waals surface area contributed by atoms with Gasteiger partial charge in [0.1, 0.15) is 5.82 Å². The molecule has 0 unspecified atom stereocenters. The highest BCUT2D eigenvalue weighted by Crippen LogP contribution is 2.23. The summed E-state index contributed by atoms with van der Waals surface area (Å²) < 4.78 is 2.30. The molecule has 0 aliphatic rings. The maximum Gasteiger partial charge on any atom is 0.110 e. The van der Waals surface area contributed by atoms with E-state index in [1.54, 1.807) is 0 Å². The Kier molecular flexibility index (Phi) is 4.43. The molecule has 0 saturated carbocycles. The average molecular weight is 303 g/mol. The number of rotatable bonds is 5. The van der Waals surface area contributed by atoms with Gasteiger partial charge in [0.25, 0.3) is 0 Å². The minimum absolute atomic E-state index is 0.576. The number of aromatic nitrogens is 2. The molecule has 0 atom stereocenters. The molecule has 0 N–H and O–H groups in total. The first-order valence-electron chi connectivity index (χ1n) is 8.06. The van der Waals surface area contributed by atoms with Crippen molar-refractivity contribution in [3.63, 3.8) is 0 Å². The zero-order valence-corrected chi connectivity index (χ0v) is 13.7. The van der Waals surface area contributed by atoms with Crippen LogP contribution in [0.15, 0.2) is 42.5 Å². The van der Waals surface area contributed by atoms with E-state index in [-0.39, 0.29) is 0 Å². The molecule has 0 saturated heterocycles. The van der Waals surface area contributed by atoms with E-state index in [2.05, 4.69) is 60.9 Å². The van der Waals surface area contributed by atoms with Gasteiger partial charge in [0, 0.05) is 19.4 Å². The fourth-order valence-corrected chi connectivity index (χ4v) is 2.89. The third-order valence-corrected chi connectivity index (χ3v) is 4.32. The molecule has 0 aliphatic heterocycles. The van der Waals surface area contributed by atoms with Crippen LogP contribution < -0.4 is 0 Å². The summed E-state index contributed by atoms with van der Waals surface area (Å²) in [6.07, 6.45) is 2.27. The first kappa shape index (κ1) is 15.3. The van der Waals surface area contributed by atoms with E-state index in [9.17, 15) is 0 Å². The number of imidazole rings is 1. The van der Waals surface area contributed by atoms with Crippen LogP contribution in [0.2, 0.25) is 0 Å². The standard InChI is InChI=1S/C20H21N3/c1-15-12-18-19(13-16(15)2)23(14-17-8-4-3-5-9-17)20(22-18)10-6-7-11-21/h3-5,8-9,12-13H,6-7,10,14H2,1-2H3. The number of fused-ring (bicyclic) bond motifs is 1. The molecular formula is C20H21N3. The molecule has 3 nitrogen and oxygen atoms in total. The lowest BCUT2D eigenvalue weighted by atomic mass is 10.1. The Hall–Kier alpha value is -2.60. The summed E-state index contributed by atoms with van der Waals surface area (Å²) in [5.74, 6) is 1.07. The number of benzene rings is 2. The van der Waals surface area contributed by atoms with E-state index in [1.165, 1.54) is 22.2 Å². The van der Waals surface area contributed by atoms with Gasteiger partial charge in [0.05, 0.1) is 17.1 Å². The van der Waals surface area contributed by atoms with Gasteiger partial charge in [-0.2, -0.15) is 5.26 Å². The molecule has 3 aromatic rings. The van der Waals surface area contributed by atoms with Crippen molar-refractivity contribution in [1.29, 1.82) is 5.26 Å². The molecule has 1 heterocycles. The zero-order valence-electron chi connectivity index (χ0n) is 13.7. The molecule has 0 aliphatic carbocycles. The molecule has 3 heteroatoms. The zero-order chi connectivity index (χ0) is 16.2. The van der Waals surface area contributed by atoms with Gasteiger partial charge < -0.3 is 4.57 Å². The fraction of sp³-hybridized carbons (Fsp3) is 0.300. The van der Waals surface area contributed by atoms with Crippen LogP contribution in [0.3, 0.4) is 0 Å². The van der Waals surface area contributed by atoms with Gasteiger partial charge >= 0.3 is 0 Å². The number of hydrogen-bond donors (Lipinski definition) is 0. The second-order valence-corrected chi connectivity index (χ2v) is 6.04. The van der Waals surface area contributed by atoms with Crippen LogP contribution in [0.25, 0.3) is 11.0 Å². The summed E-state index contributed by atoms with van der Waals surface area (Å²) in [6.45, 7) is 5.09. The van der Waals surface area contributed by atoms with Crippen molar-refractivity contribution in [2.75, 3.05) is 0 Å². The topological polar surface area (TPSA) is 41.6 Å². The highest BCUT2D eigenvalue weighted by atomic mass is 15.1. The third kappa shape index (κ3) is 3.27. The molecule has 23 heavy (non-hydrogen) atoms. The minimum atomic E-state index is 0.576. The average Bonchev–Trinajstić information content (AvgIpc) is 2.86. The van der Waals surface area contributed by atoms with Crippen LogP contribution in [-0.2, 0) is 13.0 Å². The lowest BCUT2D eigenvalue weighted by Gasteiger charge is -2.10. The summed E-state index contributed by atoms with van der Waals surface area (Å²) in [5.41, 5.74) is 6.06. The second kappa shape index (κ2) is 6.66. The van der Waals surface area contributed by atoms with Crippen LogP contribution in [0.4, 0.5) is 0 Å². The lowest BCUT2D eigenvalue weighted by molar-refractivity contribution is 0.706. The molecule has 0 amide bonds. The summed E-state index contributed by atoms with van der Waals surface area (Å²) >= 11 is 0. The fourth-order valence-electron chi connectivity index (χ4n) is 2.89. The Labute approximate surface area is 137 Å². The lowest BCUT2D eigenvalue weighted by Crippen LogP contribution is -2.05. The van der Waals surface area contributed by atoms with Gasteiger partial charge in [-0.1, -0.05) is 30.3 Å². The first-order valence-corrected chi connectivity index (χ1v) is 8.06. The van der Waals surface area contributed by atoms with Crippen molar-refractivity contribution in [1.82, 2.24) is 9.55 Å². The van der Waals surface area contributed by atoms with E-state index < -0.39 is 0 Å². The predicted octanol–water partition coefficient (Wildman–Crippen LogP) is 4.55. The molecule has 116 valence electrons. The number of unbranched alkanes of at least 4 members (excludes halogenated alkanes) is 1. The molecule has 2 aromatic carbocycles. The Balaban J connectivity index is 2.05. The third-order valence-electron chi connectivity index (χ3n) is 4.32. The summed E-state index contributed by atoms with van der Waals surface area (Å²) in [7, 11) is 0. The van der Waals surface area contributed by atoms with Crippen molar-refractivity contribution in [2.24, 2.45) is 0 Å². The Bertz CT molecular complexity index is 854. The first-order chi connectivity index (χ1) is 11.2. The molecule has 1 aromatic heterocycles. The van der Waals surface area contributed by atoms with Crippen molar-refractivity contribution in [2.45, 2.75) is 39.7 Å². The van der Waals surface area contributed by atoms with E-state index in [4.69, 9.17) is 10.2 Å². The maximum absolute atomic E-state index is 8.78. The molecule has 3 rings (SSSR count). The van der Waals surface area contributed by atoms with E-state index in [1.807, 2.05) is 6.07 Å². The number of aryl methyl sites for hydroxylation is 3. The molecular weight excluding hydrogens is 282 g/mol. The van der Waals surface area contributed by atoms with Gasteiger partial charge in [-0.25, -0.2) is 4.98 Å². The Morgan fingerprint density at radius 1 is 1.09 bits per heavy atom. The maximum atomic E-state index is 8.78. The van der Waals surface area contributed by atoms with E-state index >= 15 is 0 Å². The molecule has 0 fully saturated rings. The van der Waals surface area contributed by atoms with Gasteiger partial charge in [0.15, 0.2) is 0 Å². The molecule has 0 radical (unpaired) electrons. The summed E-state index contributed by atoms with van der Waals surface area (Å²) in [4.78, 5) is 4.84. The van der Waals surface area contributed by atoms with Gasteiger partial charge in [-0.3, -0.25) is 0 Å². The Morgan fingerprint density at radius 2 is 1.83 bits per heavy atom. The van der Waals surface area contributed by atoms with Crippen LogP contribution >= 0.6 is 0 Å². The van der Waals surface area contributed by atoms with Crippen molar-refractivity contribution in [3.8, 4) is 6.07 Å². The smallest absolute Gasteiger partial charge is 0.110 e. The van der Waals surface area contributed by atoms with Crippen molar-refractivity contribution >= 4 is 11.0 Å². The van der Waals surface area contributed by atoms with Crippen molar-refractivity contribution < 1.29 is 0 Å². The van der Waals surface area contributed by atoms with Crippen LogP contribution in [0.1, 0.15) is 35.4 Å². The normalized spacial score (nSPS) is 10.8. The Morgan fingerprint density at radius 3 is 2.57 bits per heavy atom. The van der Waals surface area contributed by atoms with Crippen LogP contribution in [-0.4, -0.2) is 9.55 Å². The van der Waals surface area contributed by atoms with Gasteiger partial charge in [-0.05, 0) is 49.1 Å². The van der Waals surface area contributed by atoms with E-state index in [0.717, 1.165) is 30.7 Å². The SMILES string of the molecule is Cc1cc2nc(CCCC#N)n(Cc3ccccc3)c2cc1C. The minimum Gasteiger partial charge on any atom is -0.323 e. The van der Waals surface area contributed by atoms with E-state index in [0.29, 0.717) is 6.42 Å². The molecule has 0 spiro atoms. The van der Waals surface area contributed by atoms with Gasteiger partial charge in [0.2, 0.25) is 0 Å². The predicted molar refractivity (Wildman–Crippen MR) is 93.3 cm³/mol. The number of hydrogen-bond acceptors (Lipinski definition) is 2. The summed E-state index contributed by atoms with van der Waals surface area (Å²) in [5, 5.41) is 8.78. The summed E-state index contributed by atoms with van der Waals surface area (Å²) in [6, 6.07) is 17.1. The molecule has 0 bridgehead atoms. The largest absolute Gasteiger partial charge is 0.323 e. The van der Waals surface area contributed by atoms with Crippen molar-refractivity contribution in [3.05, 3.63) is 65.0 Å². The quantitative estimate of drug-likeness (QED) is 0.649. The number of nitriles is 1. The monoisotopic (exact) mass is 303 g/mol.